The van der Waals surface area contributed by atoms with Crippen LogP contribution in [-0.2, 0) is 11.2 Å². The molecule has 0 saturated carbocycles. The minimum atomic E-state index is -2.28. The lowest BCUT2D eigenvalue weighted by Crippen LogP contribution is -2.39. The fourth-order valence-corrected chi connectivity index (χ4v) is 2.86. The highest BCUT2D eigenvalue weighted by molar-refractivity contribution is 5.97. The Morgan fingerprint density at radius 2 is 1.60 bits per heavy atom. The zero-order chi connectivity index (χ0) is 18.3. The number of amides is 1. The highest BCUT2D eigenvalue weighted by Crippen LogP contribution is 2.33. The molecule has 25 heavy (non-hydrogen) atoms. The molecule has 1 aliphatic rings. The monoisotopic (exact) mass is 357 g/mol. The number of ether oxygens (including phenoxy) is 1. The molecule has 8 heteroatoms. The summed E-state index contributed by atoms with van der Waals surface area (Å²) in [7, 11) is 0. The maximum Gasteiger partial charge on any atom is 0.265 e. The summed E-state index contributed by atoms with van der Waals surface area (Å²) in [5.74, 6) is -12.9. The number of halogens is 5. The summed E-state index contributed by atoms with van der Waals surface area (Å²) >= 11 is 0. The van der Waals surface area contributed by atoms with Crippen LogP contribution < -0.4 is 9.64 Å². The minimum absolute atomic E-state index is 0.218. The van der Waals surface area contributed by atoms with Gasteiger partial charge in [0.25, 0.3) is 5.91 Å². The second-order valence-electron chi connectivity index (χ2n) is 5.63. The van der Waals surface area contributed by atoms with E-state index in [0.717, 1.165) is 5.56 Å². The van der Waals surface area contributed by atoms with E-state index in [4.69, 9.17) is 0 Å². The van der Waals surface area contributed by atoms with Gasteiger partial charge in [0.15, 0.2) is 12.4 Å². The average Bonchev–Trinajstić information content (AvgIpc) is 2.93. The van der Waals surface area contributed by atoms with Crippen LogP contribution in [0.3, 0.4) is 0 Å². The van der Waals surface area contributed by atoms with Crippen molar-refractivity contribution in [3.8, 4) is 5.75 Å². The third-order valence-corrected chi connectivity index (χ3v) is 3.99. The molecule has 132 valence electrons. The van der Waals surface area contributed by atoms with E-state index in [2.05, 4.69) is 4.74 Å². The summed E-state index contributed by atoms with van der Waals surface area (Å²) in [6.45, 7) is 0.910. The molecule has 3 rings (SSSR count). The van der Waals surface area contributed by atoms with Crippen molar-refractivity contribution in [2.24, 2.45) is 0 Å². The van der Waals surface area contributed by atoms with Crippen molar-refractivity contribution in [3.63, 3.8) is 0 Å². The number of anilines is 1. The number of carbonyl (C=O) groups excluding carboxylic acids is 1. The predicted molar refractivity (Wildman–Crippen MR) is 78.8 cm³/mol. The molecule has 2 aromatic carbocycles. The van der Waals surface area contributed by atoms with Gasteiger partial charge in [-0.1, -0.05) is 18.2 Å². The number of hydrogen-bond acceptors (Lipinski definition) is 2. The van der Waals surface area contributed by atoms with Gasteiger partial charge in [-0.25, -0.2) is 13.2 Å². The van der Waals surface area contributed by atoms with E-state index in [1.165, 1.54) is 4.90 Å². The Morgan fingerprint density at radius 1 is 1.04 bits per heavy atom. The molecular formula is C17H12F5NO2. The summed E-state index contributed by atoms with van der Waals surface area (Å²) in [6.07, 6.45) is 0.588. The van der Waals surface area contributed by atoms with E-state index in [1.54, 1.807) is 19.1 Å². The number of nitrogens with zero attached hydrogens (tertiary/aromatic N) is 1. The number of benzene rings is 2. The normalized spacial score (nSPS) is 16.1. The smallest absolute Gasteiger partial charge is 0.265 e. The fraction of sp³-hybridized carbons (Fsp3) is 0.235. The molecule has 0 fully saturated rings. The summed E-state index contributed by atoms with van der Waals surface area (Å²) in [5, 5.41) is 0. The third-order valence-electron chi connectivity index (χ3n) is 3.99. The van der Waals surface area contributed by atoms with E-state index in [0.29, 0.717) is 12.1 Å². The Labute approximate surface area is 139 Å². The summed E-state index contributed by atoms with van der Waals surface area (Å²) < 4.78 is 71.1. The molecule has 1 aliphatic heterocycles. The Morgan fingerprint density at radius 3 is 2.24 bits per heavy atom. The lowest BCUT2D eigenvalue weighted by molar-refractivity contribution is -0.120. The van der Waals surface area contributed by atoms with Crippen LogP contribution in [0, 0.1) is 29.1 Å². The molecule has 1 unspecified atom stereocenters. The van der Waals surface area contributed by atoms with Gasteiger partial charge in [-0.05, 0) is 25.0 Å². The van der Waals surface area contributed by atoms with Gasteiger partial charge in [0, 0.05) is 11.7 Å². The number of carbonyl (C=O) groups is 1. The molecule has 3 nitrogen and oxygen atoms in total. The molecule has 0 spiro atoms. The molecule has 1 atom stereocenters. The van der Waals surface area contributed by atoms with E-state index in [1.807, 2.05) is 12.1 Å². The van der Waals surface area contributed by atoms with Crippen molar-refractivity contribution in [2.75, 3.05) is 11.5 Å². The van der Waals surface area contributed by atoms with Crippen LogP contribution >= 0.6 is 0 Å². The highest BCUT2D eigenvalue weighted by atomic mass is 19.2. The van der Waals surface area contributed by atoms with Gasteiger partial charge in [-0.2, -0.15) is 8.78 Å². The van der Waals surface area contributed by atoms with Crippen LogP contribution in [0.1, 0.15) is 12.5 Å². The predicted octanol–water partition coefficient (Wildman–Crippen LogP) is 3.74. The maximum atomic E-state index is 13.6. The largest absolute Gasteiger partial charge is 0.477 e. The number of para-hydroxylation sites is 1. The number of rotatable bonds is 3. The molecule has 0 aliphatic carbocycles. The van der Waals surface area contributed by atoms with Crippen LogP contribution in [0.15, 0.2) is 24.3 Å². The van der Waals surface area contributed by atoms with Gasteiger partial charge in [0.2, 0.25) is 29.1 Å². The summed E-state index contributed by atoms with van der Waals surface area (Å²) in [6, 6.07) is 6.86. The van der Waals surface area contributed by atoms with Gasteiger partial charge in [-0.15, -0.1) is 0 Å². The Bertz CT molecular complexity index is 826. The molecule has 0 saturated heterocycles. The second-order valence-corrected chi connectivity index (χ2v) is 5.63. The standard InChI is InChI=1S/C17H12F5NO2/c1-8-6-9-4-2-3-5-10(9)23(8)11(24)7-25-17-15(21)13(19)12(18)14(20)16(17)22/h2-5,8H,6-7H2,1H3. The number of fused-ring (bicyclic) bond motifs is 1. The fourth-order valence-electron chi connectivity index (χ4n) is 2.86. The van der Waals surface area contributed by atoms with E-state index < -0.39 is 47.3 Å². The van der Waals surface area contributed by atoms with Gasteiger partial charge < -0.3 is 9.64 Å². The molecule has 1 heterocycles. The van der Waals surface area contributed by atoms with Crippen molar-refractivity contribution in [3.05, 3.63) is 58.9 Å². The first kappa shape index (κ1) is 17.2. The summed E-state index contributed by atoms with van der Waals surface area (Å²) in [5.41, 5.74) is 1.54. The van der Waals surface area contributed by atoms with Crippen LogP contribution in [0.4, 0.5) is 27.6 Å². The topological polar surface area (TPSA) is 29.5 Å². The van der Waals surface area contributed by atoms with Crippen molar-refractivity contribution < 1.29 is 31.5 Å². The first-order valence-corrected chi connectivity index (χ1v) is 7.37. The molecule has 0 radical (unpaired) electrons. The van der Waals surface area contributed by atoms with E-state index >= 15 is 0 Å². The van der Waals surface area contributed by atoms with E-state index in [-0.39, 0.29) is 6.04 Å². The van der Waals surface area contributed by atoms with Crippen LogP contribution in [0.2, 0.25) is 0 Å². The summed E-state index contributed by atoms with van der Waals surface area (Å²) in [4.78, 5) is 13.7. The van der Waals surface area contributed by atoms with Gasteiger partial charge in [0.05, 0.1) is 0 Å². The highest BCUT2D eigenvalue weighted by Gasteiger charge is 2.32. The zero-order valence-electron chi connectivity index (χ0n) is 13.0. The van der Waals surface area contributed by atoms with Crippen LogP contribution in [-0.4, -0.2) is 18.6 Å². The molecule has 1 amide bonds. The maximum absolute atomic E-state index is 13.6. The lowest BCUT2D eigenvalue weighted by Gasteiger charge is -2.23. The van der Waals surface area contributed by atoms with Crippen molar-refractivity contribution in [1.82, 2.24) is 0 Å². The van der Waals surface area contributed by atoms with Gasteiger partial charge in [0.1, 0.15) is 0 Å². The van der Waals surface area contributed by atoms with Crippen molar-refractivity contribution in [2.45, 2.75) is 19.4 Å². The average molecular weight is 357 g/mol. The molecule has 0 aromatic heterocycles. The first-order chi connectivity index (χ1) is 11.8. The van der Waals surface area contributed by atoms with Gasteiger partial charge >= 0.3 is 0 Å². The lowest BCUT2D eigenvalue weighted by atomic mass is 10.1. The first-order valence-electron chi connectivity index (χ1n) is 7.37. The zero-order valence-corrected chi connectivity index (χ0v) is 13.0. The van der Waals surface area contributed by atoms with Crippen molar-refractivity contribution >= 4 is 11.6 Å². The van der Waals surface area contributed by atoms with Crippen LogP contribution in [0.25, 0.3) is 0 Å². The Kier molecular flexibility index (Phi) is 4.36. The quantitative estimate of drug-likeness (QED) is 0.476. The van der Waals surface area contributed by atoms with Crippen LogP contribution in [0.5, 0.6) is 5.75 Å². The molecule has 0 N–H and O–H groups in total. The van der Waals surface area contributed by atoms with E-state index in [9.17, 15) is 26.7 Å². The SMILES string of the molecule is CC1Cc2ccccc2N1C(=O)COc1c(F)c(F)c(F)c(F)c1F. The second kappa shape index (κ2) is 6.34. The number of hydrogen-bond donors (Lipinski definition) is 0. The molecular weight excluding hydrogens is 345 g/mol. The molecule has 0 bridgehead atoms. The third kappa shape index (κ3) is 2.81. The molecule has 2 aromatic rings. The van der Waals surface area contributed by atoms with Crippen molar-refractivity contribution in [1.29, 1.82) is 0 Å². The Hall–Kier alpha value is -2.64. The Balaban J connectivity index is 1.83. The minimum Gasteiger partial charge on any atom is -0.477 e. The van der Waals surface area contributed by atoms with Gasteiger partial charge in [-0.3, -0.25) is 4.79 Å².